The van der Waals surface area contributed by atoms with Gasteiger partial charge in [-0.1, -0.05) is 30.3 Å². The van der Waals surface area contributed by atoms with E-state index in [1.807, 2.05) is 44.2 Å². The van der Waals surface area contributed by atoms with Gasteiger partial charge in [-0.2, -0.15) is 0 Å². The van der Waals surface area contributed by atoms with Crippen molar-refractivity contribution in [2.24, 2.45) is 0 Å². The van der Waals surface area contributed by atoms with Gasteiger partial charge in [0.1, 0.15) is 27.1 Å². The molecule has 1 aliphatic heterocycles. The molecule has 214 valence electrons. The second-order valence-corrected chi connectivity index (χ2v) is 12.3. The number of aliphatic hydroxyl groups is 1. The molecule has 0 spiro atoms. The van der Waals surface area contributed by atoms with Gasteiger partial charge in [0, 0.05) is 0 Å². The average molecular weight is 561 g/mol. The van der Waals surface area contributed by atoms with E-state index in [-0.39, 0.29) is 29.7 Å². The number of hydrogen-bond acceptors (Lipinski definition) is 9. The number of anilines is 1. The molecule has 0 saturated carbocycles. The molecule has 9 nitrogen and oxygen atoms in total. The molecule has 2 heterocycles. The first-order valence-corrected chi connectivity index (χ1v) is 13.9. The van der Waals surface area contributed by atoms with Gasteiger partial charge in [0.15, 0.2) is 0 Å². The number of fused-ring (bicyclic) bond motifs is 1. The SMILES string of the molecule is CCOC(=O)c1sc2c(c1C)C(=O)N(C(C)(C)C(=O)OC(C)(C)C)C(O)N2C[C@H](OC(C)C)c1ccccc1. The summed E-state index contributed by atoms with van der Waals surface area (Å²) in [6.07, 6.45) is -2.16. The first-order valence-electron chi connectivity index (χ1n) is 13.1. The first-order chi connectivity index (χ1) is 18.1. The van der Waals surface area contributed by atoms with Crippen molar-refractivity contribution < 1.29 is 33.7 Å². The number of esters is 2. The molecule has 0 aliphatic carbocycles. The predicted molar refractivity (Wildman–Crippen MR) is 150 cm³/mol. The number of amides is 1. The Labute approximate surface area is 234 Å². The van der Waals surface area contributed by atoms with Crippen LogP contribution in [0, 0.1) is 6.92 Å². The molecule has 1 N–H and O–H groups in total. The lowest BCUT2D eigenvalue weighted by Crippen LogP contribution is -2.66. The van der Waals surface area contributed by atoms with E-state index in [0.717, 1.165) is 21.8 Å². The monoisotopic (exact) mass is 560 g/mol. The van der Waals surface area contributed by atoms with E-state index in [1.165, 1.54) is 0 Å². The van der Waals surface area contributed by atoms with Crippen LogP contribution in [-0.4, -0.2) is 64.6 Å². The van der Waals surface area contributed by atoms with Gasteiger partial charge >= 0.3 is 11.9 Å². The summed E-state index contributed by atoms with van der Waals surface area (Å²) in [6, 6.07) is 9.57. The Morgan fingerprint density at radius 2 is 1.72 bits per heavy atom. The lowest BCUT2D eigenvalue weighted by Gasteiger charge is -2.48. The topological polar surface area (TPSA) is 106 Å². The van der Waals surface area contributed by atoms with Gasteiger partial charge in [-0.15, -0.1) is 11.3 Å². The highest BCUT2D eigenvalue weighted by Gasteiger charge is 2.51. The second-order valence-electron chi connectivity index (χ2n) is 11.3. The van der Waals surface area contributed by atoms with E-state index < -0.39 is 41.4 Å². The predicted octanol–water partition coefficient (Wildman–Crippen LogP) is 5.06. The van der Waals surface area contributed by atoms with Crippen molar-refractivity contribution in [2.75, 3.05) is 18.1 Å². The Balaban J connectivity index is 2.17. The van der Waals surface area contributed by atoms with Crippen LogP contribution in [0.3, 0.4) is 0 Å². The zero-order valence-corrected chi connectivity index (χ0v) is 25.0. The first kappa shape index (κ1) is 30.6. The van der Waals surface area contributed by atoms with Crippen LogP contribution < -0.4 is 4.90 Å². The molecule has 0 radical (unpaired) electrons. The number of benzene rings is 1. The minimum absolute atomic E-state index is 0.132. The molecule has 2 atom stereocenters. The smallest absolute Gasteiger partial charge is 0.348 e. The standard InChI is InChI=1S/C29H40N2O7S/c1-10-36-25(33)22-18(4)21-23(32)31(29(8,9)26(34)38-28(5,6)7)27(35)30(24(21)39-22)16-20(37-17(2)3)19-14-12-11-13-15-19/h11-15,17,20,27,35H,10,16H2,1-9H3/t20-,27?/m0/s1. The number of ether oxygens (including phenoxy) is 3. The molecule has 0 saturated heterocycles. The van der Waals surface area contributed by atoms with E-state index in [4.69, 9.17) is 14.2 Å². The third-order valence-electron chi connectivity index (χ3n) is 6.26. The van der Waals surface area contributed by atoms with Crippen molar-refractivity contribution in [3.8, 4) is 0 Å². The van der Waals surface area contributed by atoms with E-state index in [9.17, 15) is 19.5 Å². The number of nitrogens with zero attached hydrogens (tertiary/aromatic N) is 2. The number of carbonyl (C=O) groups is 3. The molecule has 1 amide bonds. The molecule has 1 aliphatic rings. The van der Waals surface area contributed by atoms with Crippen LogP contribution >= 0.6 is 11.3 Å². The Morgan fingerprint density at radius 1 is 1.10 bits per heavy atom. The fourth-order valence-electron chi connectivity index (χ4n) is 4.44. The third-order valence-corrected chi connectivity index (χ3v) is 7.57. The fraction of sp³-hybridized carbons (Fsp3) is 0.552. The maximum absolute atomic E-state index is 14.0. The zero-order valence-electron chi connectivity index (χ0n) is 24.2. The van der Waals surface area contributed by atoms with Crippen molar-refractivity contribution in [2.45, 2.75) is 92.0 Å². The molecule has 1 aromatic heterocycles. The number of aliphatic hydroxyl groups excluding tert-OH is 1. The molecule has 0 bridgehead atoms. The molecule has 1 aromatic carbocycles. The largest absolute Gasteiger partial charge is 0.462 e. The van der Waals surface area contributed by atoms with E-state index >= 15 is 0 Å². The Morgan fingerprint density at radius 3 is 2.26 bits per heavy atom. The summed E-state index contributed by atoms with van der Waals surface area (Å²) in [5.74, 6) is -1.79. The summed E-state index contributed by atoms with van der Waals surface area (Å²) in [4.78, 5) is 43.1. The van der Waals surface area contributed by atoms with Crippen LogP contribution in [-0.2, 0) is 19.0 Å². The summed E-state index contributed by atoms with van der Waals surface area (Å²) in [6.45, 7) is 15.8. The van der Waals surface area contributed by atoms with Crippen LogP contribution in [0.25, 0.3) is 0 Å². The summed E-state index contributed by atoms with van der Waals surface area (Å²) in [7, 11) is 0. The minimum atomic E-state index is -1.54. The highest BCUT2D eigenvalue weighted by atomic mass is 32.1. The average Bonchev–Trinajstić information content (AvgIpc) is 3.17. The maximum Gasteiger partial charge on any atom is 0.348 e. The Hall–Kier alpha value is -2.95. The summed E-state index contributed by atoms with van der Waals surface area (Å²) in [5, 5.41) is 12.2. The Kier molecular flexibility index (Phi) is 9.14. The molecular formula is C29H40N2O7S. The van der Waals surface area contributed by atoms with Crippen molar-refractivity contribution in [1.29, 1.82) is 0 Å². The van der Waals surface area contributed by atoms with Crippen molar-refractivity contribution in [1.82, 2.24) is 4.90 Å². The Bertz CT molecular complexity index is 1200. The van der Waals surface area contributed by atoms with Crippen LogP contribution in [0.4, 0.5) is 5.00 Å². The highest BCUT2D eigenvalue weighted by Crippen LogP contribution is 2.44. The lowest BCUT2D eigenvalue weighted by molar-refractivity contribution is -0.172. The molecule has 0 fully saturated rings. The van der Waals surface area contributed by atoms with Gasteiger partial charge in [-0.3, -0.25) is 9.69 Å². The lowest BCUT2D eigenvalue weighted by atomic mass is 9.97. The van der Waals surface area contributed by atoms with E-state index in [0.29, 0.717) is 10.6 Å². The van der Waals surface area contributed by atoms with Gasteiger partial charge in [0.05, 0.1) is 24.8 Å². The summed E-state index contributed by atoms with van der Waals surface area (Å²) in [5.41, 5.74) is -0.794. The molecule has 10 heteroatoms. The zero-order chi connectivity index (χ0) is 29.3. The number of thiophene rings is 1. The van der Waals surface area contributed by atoms with E-state index in [2.05, 4.69) is 0 Å². The minimum Gasteiger partial charge on any atom is -0.462 e. The van der Waals surface area contributed by atoms with Crippen molar-refractivity contribution in [3.05, 3.63) is 51.9 Å². The molecule has 39 heavy (non-hydrogen) atoms. The van der Waals surface area contributed by atoms with Crippen LogP contribution in [0.15, 0.2) is 30.3 Å². The third kappa shape index (κ3) is 6.45. The molecule has 3 rings (SSSR count). The quantitative estimate of drug-likeness (QED) is 0.425. The fourth-order valence-corrected chi connectivity index (χ4v) is 5.66. The van der Waals surface area contributed by atoms with Crippen LogP contribution in [0.2, 0.25) is 0 Å². The molecular weight excluding hydrogens is 520 g/mol. The van der Waals surface area contributed by atoms with Gasteiger partial charge in [-0.05, 0) is 73.4 Å². The van der Waals surface area contributed by atoms with Gasteiger partial charge in [0.25, 0.3) is 5.91 Å². The van der Waals surface area contributed by atoms with Crippen LogP contribution in [0.5, 0.6) is 0 Å². The summed E-state index contributed by atoms with van der Waals surface area (Å²) < 4.78 is 17.1. The molecule has 1 unspecified atom stereocenters. The summed E-state index contributed by atoms with van der Waals surface area (Å²) >= 11 is 1.08. The second kappa shape index (κ2) is 11.7. The van der Waals surface area contributed by atoms with E-state index in [1.54, 1.807) is 53.4 Å². The number of hydrogen-bond donors (Lipinski definition) is 1. The van der Waals surface area contributed by atoms with Gasteiger partial charge in [0.2, 0.25) is 6.35 Å². The van der Waals surface area contributed by atoms with Gasteiger partial charge < -0.3 is 24.2 Å². The van der Waals surface area contributed by atoms with Crippen LogP contribution in [0.1, 0.15) is 92.7 Å². The number of rotatable bonds is 9. The van der Waals surface area contributed by atoms with Gasteiger partial charge in [-0.25, -0.2) is 9.59 Å². The molecule has 2 aromatic rings. The highest BCUT2D eigenvalue weighted by molar-refractivity contribution is 7.18. The van der Waals surface area contributed by atoms with Crippen molar-refractivity contribution >= 4 is 34.2 Å². The normalized spacial score (nSPS) is 16.8. The maximum atomic E-state index is 14.0. The number of carbonyl (C=O) groups excluding carboxylic acids is 3. The van der Waals surface area contributed by atoms with Crippen molar-refractivity contribution in [3.63, 3.8) is 0 Å².